The van der Waals surface area contributed by atoms with Gasteiger partial charge in [-0.3, -0.25) is 14.4 Å². The fourth-order valence-corrected chi connectivity index (χ4v) is 8.75. The molecule has 0 bridgehead atoms. The topological polar surface area (TPSA) is 101 Å². The Bertz CT molecular complexity index is 1110. The molecule has 7 atom stereocenters. The minimum absolute atomic E-state index is 0.00201. The molecular formula is C29H35BrO6. The first-order valence-electron chi connectivity index (χ1n) is 13.1. The molecule has 1 aromatic carbocycles. The maximum absolute atomic E-state index is 13.4. The standard InChI is InChI=1S/C29H35BrO6/c1-27-11-9-20(32)14-18(27)5-8-21-22-10-12-29(24(34)16-31,28(22,2)15-23(33)26(21)27)36-25(35)13-17-3-6-19(30)7-4-17/h3-4,6-7,14,21-23,26,31,33H,5,8-13,15-16H2,1-2H3. The fraction of sp³-hybridized carbons (Fsp3) is 0.621. The second-order valence-corrected chi connectivity index (χ2v) is 12.7. The van der Waals surface area contributed by atoms with Crippen molar-refractivity contribution in [3.05, 3.63) is 46.0 Å². The third-order valence-electron chi connectivity index (χ3n) is 10.2. The number of hydrogen-bond acceptors (Lipinski definition) is 6. The highest BCUT2D eigenvalue weighted by atomic mass is 79.9. The maximum Gasteiger partial charge on any atom is 0.311 e. The molecule has 0 radical (unpaired) electrons. The molecule has 4 aliphatic rings. The molecule has 0 spiro atoms. The molecule has 194 valence electrons. The van der Waals surface area contributed by atoms with Crippen molar-refractivity contribution in [3.8, 4) is 0 Å². The Morgan fingerprint density at radius 3 is 2.53 bits per heavy atom. The molecule has 5 rings (SSSR count). The number of fused-ring (bicyclic) bond motifs is 5. The van der Waals surface area contributed by atoms with Crippen molar-refractivity contribution in [1.29, 1.82) is 0 Å². The Kier molecular flexibility index (Phi) is 6.58. The molecule has 7 heteroatoms. The zero-order valence-electron chi connectivity index (χ0n) is 21.0. The van der Waals surface area contributed by atoms with Gasteiger partial charge in [0.1, 0.15) is 6.61 Å². The van der Waals surface area contributed by atoms with Gasteiger partial charge in [-0.05, 0) is 85.5 Å². The molecule has 0 heterocycles. The number of halogens is 1. The Hall–Kier alpha value is -1.83. The number of esters is 1. The van der Waals surface area contributed by atoms with Gasteiger partial charge in [-0.15, -0.1) is 0 Å². The average molecular weight is 559 g/mol. The number of benzene rings is 1. The van der Waals surface area contributed by atoms with Gasteiger partial charge < -0.3 is 14.9 Å². The minimum atomic E-state index is -1.45. The molecule has 36 heavy (non-hydrogen) atoms. The van der Waals surface area contributed by atoms with Crippen LogP contribution in [-0.4, -0.2) is 46.1 Å². The van der Waals surface area contributed by atoms with E-state index in [1.807, 2.05) is 31.2 Å². The van der Waals surface area contributed by atoms with Crippen molar-refractivity contribution in [3.63, 3.8) is 0 Å². The number of aliphatic hydroxyl groups is 2. The lowest BCUT2D eigenvalue weighted by Crippen LogP contribution is -2.63. The van der Waals surface area contributed by atoms with E-state index >= 15 is 0 Å². The average Bonchev–Trinajstić information content (AvgIpc) is 3.12. The minimum Gasteiger partial charge on any atom is -0.450 e. The summed E-state index contributed by atoms with van der Waals surface area (Å²) in [5.41, 5.74) is -0.527. The maximum atomic E-state index is 13.4. The van der Waals surface area contributed by atoms with Gasteiger partial charge in [0, 0.05) is 16.3 Å². The first kappa shape index (κ1) is 25.8. The zero-order chi connectivity index (χ0) is 25.9. The molecule has 0 saturated heterocycles. The lowest BCUT2D eigenvalue weighted by molar-refractivity contribution is -0.201. The molecule has 7 unspecified atom stereocenters. The number of hydrogen-bond donors (Lipinski definition) is 2. The fourth-order valence-electron chi connectivity index (χ4n) is 8.48. The number of aliphatic hydroxyl groups excluding tert-OH is 2. The van der Waals surface area contributed by atoms with Gasteiger partial charge in [-0.2, -0.15) is 0 Å². The van der Waals surface area contributed by atoms with Crippen LogP contribution in [0.4, 0.5) is 0 Å². The van der Waals surface area contributed by atoms with Crippen molar-refractivity contribution in [1.82, 2.24) is 0 Å². The quantitative estimate of drug-likeness (QED) is 0.521. The normalized spacial score (nSPS) is 39.5. The summed E-state index contributed by atoms with van der Waals surface area (Å²) >= 11 is 3.39. The molecule has 4 aliphatic carbocycles. The number of ketones is 2. The van der Waals surface area contributed by atoms with E-state index < -0.39 is 35.5 Å². The second kappa shape index (κ2) is 9.17. The summed E-state index contributed by atoms with van der Waals surface area (Å²) in [5.74, 6) is -0.563. The van der Waals surface area contributed by atoms with Gasteiger partial charge in [0.25, 0.3) is 0 Å². The Labute approximate surface area is 220 Å². The number of ether oxygens (including phenoxy) is 1. The Morgan fingerprint density at radius 1 is 1.11 bits per heavy atom. The number of allylic oxidation sites excluding steroid dienone is 1. The van der Waals surface area contributed by atoms with E-state index in [1.165, 1.54) is 0 Å². The van der Waals surface area contributed by atoms with Crippen molar-refractivity contribution in [2.24, 2.45) is 28.6 Å². The van der Waals surface area contributed by atoms with Gasteiger partial charge in [0.05, 0.1) is 12.5 Å². The van der Waals surface area contributed by atoms with Crippen LogP contribution in [0.1, 0.15) is 64.4 Å². The summed E-state index contributed by atoms with van der Waals surface area (Å²) < 4.78 is 7.01. The van der Waals surface area contributed by atoms with Crippen LogP contribution in [0.2, 0.25) is 0 Å². The molecule has 1 aromatic rings. The molecule has 3 fully saturated rings. The van der Waals surface area contributed by atoms with Gasteiger partial charge in [-0.1, -0.05) is 47.5 Å². The Balaban J connectivity index is 1.46. The van der Waals surface area contributed by atoms with E-state index in [0.717, 1.165) is 34.9 Å². The van der Waals surface area contributed by atoms with Gasteiger partial charge in [0.15, 0.2) is 11.4 Å². The summed E-state index contributed by atoms with van der Waals surface area (Å²) in [4.78, 5) is 38.6. The number of rotatable bonds is 5. The van der Waals surface area contributed by atoms with E-state index in [2.05, 4.69) is 22.9 Å². The SMILES string of the molecule is CC12CCC(=O)C=C1CCC1C2C(O)CC2(C)C1CCC2(OC(=O)Cc1ccc(Br)cc1)C(=O)CO. The van der Waals surface area contributed by atoms with E-state index in [1.54, 1.807) is 6.08 Å². The highest BCUT2D eigenvalue weighted by Gasteiger charge is 2.70. The summed E-state index contributed by atoms with van der Waals surface area (Å²) in [6.45, 7) is 3.46. The number of carbonyl (C=O) groups excluding carboxylic acids is 3. The second-order valence-electron chi connectivity index (χ2n) is 11.8. The zero-order valence-corrected chi connectivity index (χ0v) is 22.6. The van der Waals surface area contributed by atoms with Crippen molar-refractivity contribution >= 4 is 33.5 Å². The van der Waals surface area contributed by atoms with Gasteiger partial charge >= 0.3 is 5.97 Å². The van der Waals surface area contributed by atoms with Crippen LogP contribution < -0.4 is 0 Å². The van der Waals surface area contributed by atoms with Crippen LogP contribution in [0.3, 0.4) is 0 Å². The molecular weight excluding hydrogens is 524 g/mol. The van der Waals surface area contributed by atoms with Crippen molar-refractivity contribution in [2.75, 3.05) is 6.61 Å². The summed E-state index contributed by atoms with van der Waals surface area (Å²) in [5, 5.41) is 21.6. The Morgan fingerprint density at radius 2 is 1.83 bits per heavy atom. The van der Waals surface area contributed by atoms with Gasteiger partial charge in [0.2, 0.25) is 5.78 Å². The first-order valence-corrected chi connectivity index (χ1v) is 13.9. The summed E-state index contributed by atoms with van der Waals surface area (Å²) in [6.07, 6.45) is 5.42. The number of carbonyl (C=O) groups is 3. The lowest BCUT2D eigenvalue weighted by Gasteiger charge is -2.60. The smallest absolute Gasteiger partial charge is 0.311 e. The van der Waals surface area contributed by atoms with E-state index in [4.69, 9.17) is 4.74 Å². The largest absolute Gasteiger partial charge is 0.450 e. The molecule has 6 nitrogen and oxygen atoms in total. The van der Waals surface area contributed by atoms with Crippen molar-refractivity contribution in [2.45, 2.75) is 76.9 Å². The predicted octanol–water partition coefficient (Wildman–Crippen LogP) is 4.34. The van der Waals surface area contributed by atoms with Crippen LogP contribution in [0.5, 0.6) is 0 Å². The molecule has 3 saturated carbocycles. The third-order valence-corrected chi connectivity index (χ3v) is 10.7. The van der Waals surface area contributed by atoms with E-state index in [9.17, 15) is 24.6 Å². The van der Waals surface area contributed by atoms with Crippen molar-refractivity contribution < 1.29 is 29.3 Å². The summed E-state index contributed by atoms with van der Waals surface area (Å²) in [6, 6.07) is 7.38. The van der Waals surface area contributed by atoms with E-state index in [-0.39, 0.29) is 35.4 Å². The van der Waals surface area contributed by atoms with Crippen LogP contribution in [0, 0.1) is 28.6 Å². The van der Waals surface area contributed by atoms with Crippen LogP contribution in [-0.2, 0) is 25.5 Å². The molecule has 0 aliphatic heterocycles. The van der Waals surface area contributed by atoms with Crippen LogP contribution in [0.25, 0.3) is 0 Å². The van der Waals surface area contributed by atoms with E-state index in [0.29, 0.717) is 25.7 Å². The molecule has 0 aromatic heterocycles. The summed E-state index contributed by atoms with van der Waals surface area (Å²) in [7, 11) is 0. The lowest BCUT2D eigenvalue weighted by atomic mass is 9.45. The monoisotopic (exact) mass is 558 g/mol. The van der Waals surface area contributed by atoms with Crippen LogP contribution in [0.15, 0.2) is 40.4 Å². The molecule has 2 N–H and O–H groups in total. The third kappa shape index (κ3) is 3.84. The highest BCUT2D eigenvalue weighted by Crippen LogP contribution is 2.68. The molecule has 0 amide bonds. The van der Waals surface area contributed by atoms with Crippen LogP contribution >= 0.6 is 15.9 Å². The first-order chi connectivity index (χ1) is 17.0. The number of Topliss-reactive ketones (excluding diaryl/α,β-unsaturated/α-hetero) is 1. The van der Waals surface area contributed by atoms with Gasteiger partial charge in [-0.25, -0.2) is 0 Å². The highest BCUT2D eigenvalue weighted by molar-refractivity contribution is 9.10. The predicted molar refractivity (Wildman–Crippen MR) is 137 cm³/mol.